The van der Waals surface area contributed by atoms with E-state index in [2.05, 4.69) is 31.4 Å². The molecule has 1 amide bonds. The van der Waals surface area contributed by atoms with Gasteiger partial charge in [0.2, 0.25) is 5.91 Å². The van der Waals surface area contributed by atoms with E-state index in [1.54, 1.807) is 0 Å². The zero-order valence-corrected chi connectivity index (χ0v) is 12.1. The Morgan fingerprint density at radius 2 is 2.17 bits per heavy atom. The third kappa shape index (κ3) is 3.47. The Morgan fingerprint density at radius 3 is 2.78 bits per heavy atom. The van der Waals surface area contributed by atoms with E-state index in [1.165, 1.54) is 19.3 Å². The van der Waals surface area contributed by atoms with Gasteiger partial charge < -0.3 is 10.6 Å². The average Bonchev–Trinajstić information content (AvgIpc) is 2.68. The van der Waals surface area contributed by atoms with Gasteiger partial charge in [-0.25, -0.2) is 0 Å². The molecule has 3 nitrogen and oxygen atoms in total. The summed E-state index contributed by atoms with van der Waals surface area (Å²) in [7, 11) is 0. The number of carbonyl (C=O) groups is 1. The largest absolute Gasteiger partial charge is 0.352 e. The molecule has 104 valence electrons. The summed E-state index contributed by atoms with van der Waals surface area (Å²) in [6, 6.07) is 0.448. The standard InChI is InChI=1S/C15H28N2O/c1-4-11-6-8-16-13(9-11)14(18)17-12-5-7-15(2,3)10-12/h11-13,16H,4-10H2,1-3H3,(H,17,18). The normalized spacial score (nSPS) is 35.4. The van der Waals surface area contributed by atoms with E-state index >= 15 is 0 Å². The van der Waals surface area contributed by atoms with Crippen LogP contribution in [0.4, 0.5) is 0 Å². The molecule has 0 radical (unpaired) electrons. The van der Waals surface area contributed by atoms with E-state index in [0.29, 0.717) is 11.5 Å². The second kappa shape index (κ2) is 5.60. The van der Waals surface area contributed by atoms with Crippen molar-refractivity contribution in [2.24, 2.45) is 11.3 Å². The summed E-state index contributed by atoms with van der Waals surface area (Å²) in [5, 5.41) is 6.61. The molecule has 3 atom stereocenters. The second-order valence-corrected chi connectivity index (χ2v) is 6.92. The topological polar surface area (TPSA) is 41.1 Å². The number of amides is 1. The van der Waals surface area contributed by atoms with Gasteiger partial charge in [0, 0.05) is 6.04 Å². The minimum Gasteiger partial charge on any atom is -0.352 e. The van der Waals surface area contributed by atoms with E-state index in [0.717, 1.165) is 31.7 Å². The number of rotatable bonds is 3. The van der Waals surface area contributed by atoms with Crippen LogP contribution >= 0.6 is 0 Å². The van der Waals surface area contributed by atoms with E-state index in [1.807, 2.05) is 0 Å². The summed E-state index contributed by atoms with van der Waals surface area (Å²) in [6.07, 6.45) is 6.93. The number of piperidine rings is 1. The lowest BCUT2D eigenvalue weighted by Crippen LogP contribution is -2.50. The Balaban J connectivity index is 1.81. The first kappa shape index (κ1) is 13.9. The Kier molecular flexibility index (Phi) is 4.31. The molecule has 1 saturated carbocycles. The lowest BCUT2D eigenvalue weighted by molar-refractivity contribution is -0.124. The minimum atomic E-state index is 0.0485. The molecular formula is C15H28N2O. The maximum atomic E-state index is 12.3. The predicted octanol–water partition coefficient (Wildman–Crippen LogP) is 2.46. The maximum absolute atomic E-state index is 12.3. The van der Waals surface area contributed by atoms with Crippen LogP contribution < -0.4 is 10.6 Å². The number of hydrogen-bond donors (Lipinski definition) is 2. The highest BCUT2D eigenvalue weighted by molar-refractivity contribution is 5.82. The van der Waals surface area contributed by atoms with Crippen LogP contribution in [0.15, 0.2) is 0 Å². The fourth-order valence-electron chi connectivity index (χ4n) is 3.43. The van der Waals surface area contributed by atoms with Crippen molar-refractivity contribution in [1.29, 1.82) is 0 Å². The quantitative estimate of drug-likeness (QED) is 0.810. The fraction of sp³-hybridized carbons (Fsp3) is 0.933. The van der Waals surface area contributed by atoms with Gasteiger partial charge in [-0.1, -0.05) is 27.2 Å². The van der Waals surface area contributed by atoms with Crippen LogP contribution in [-0.2, 0) is 4.79 Å². The van der Waals surface area contributed by atoms with Gasteiger partial charge in [-0.2, -0.15) is 0 Å². The van der Waals surface area contributed by atoms with Crippen molar-refractivity contribution >= 4 is 5.91 Å². The number of nitrogens with one attached hydrogen (secondary N) is 2. The highest BCUT2D eigenvalue weighted by atomic mass is 16.2. The Morgan fingerprint density at radius 1 is 1.39 bits per heavy atom. The van der Waals surface area contributed by atoms with Crippen LogP contribution in [0.25, 0.3) is 0 Å². The van der Waals surface area contributed by atoms with Crippen molar-refractivity contribution in [3.05, 3.63) is 0 Å². The number of carbonyl (C=O) groups excluding carboxylic acids is 1. The molecule has 18 heavy (non-hydrogen) atoms. The molecule has 0 aromatic heterocycles. The minimum absolute atomic E-state index is 0.0485. The molecule has 1 aliphatic heterocycles. The van der Waals surface area contributed by atoms with Crippen molar-refractivity contribution in [3.63, 3.8) is 0 Å². The van der Waals surface area contributed by atoms with Gasteiger partial charge >= 0.3 is 0 Å². The molecule has 1 aliphatic carbocycles. The van der Waals surface area contributed by atoms with Crippen LogP contribution in [0.5, 0.6) is 0 Å². The van der Waals surface area contributed by atoms with Gasteiger partial charge in [0.15, 0.2) is 0 Å². The molecular weight excluding hydrogens is 224 g/mol. The average molecular weight is 252 g/mol. The molecule has 2 N–H and O–H groups in total. The molecule has 1 heterocycles. The Hall–Kier alpha value is -0.570. The predicted molar refractivity (Wildman–Crippen MR) is 74.4 cm³/mol. The van der Waals surface area contributed by atoms with Crippen molar-refractivity contribution < 1.29 is 4.79 Å². The second-order valence-electron chi connectivity index (χ2n) is 6.92. The Labute approximate surface area is 111 Å². The summed E-state index contributed by atoms with van der Waals surface area (Å²) >= 11 is 0. The van der Waals surface area contributed by atoms with Crippen LogP contribution in [0.3, 0.4) is 0 Å². The molecule has 0 aromatic carbocycles. The zero-order chi connectivity index (χ0) is 13.2. The summed E-state index contributed by atoms with van der Waals surface area (Å²) in [6.45, 7) is 7.81. The van der Waals surface area contributed by atoms with Gasteiger partial charge in [-0.15, -0.1) is 0 Å². The molecule has 0 bridgehead atoms. The fourth-order valence-corrected chi connectivity index (χ4v) is 3.43. The van der Waals surface area contributed by atoms with Crippen LogP contribution in [0.2, 0.25) is 0 Å². The van der Waals surface area contributed by atoms with Gasteiger partial charge in [0.25, 0.3) is 0 Å². The SMILES string of the molecule is CCC1CCNC(C(=O)NC2CCC(C)(C)C2)C1. The molecule has 0 spiro atoms. The highest BCUT2D eigenvalue weighted by Crippen LogP contribution is 2.37. The monoisotopic (exact) mass is 252 g/mol. The van der Waals surface area contributed by atoms with E-state index in [9.17, 15) is 4.79 Å². The summed E-state index contributed by atoms with van der Waals surface area (Å²) in [5.41, 5.74) is 0.407. The van der Waals surface area contributed by atoms with Crippen LogP contribution in [0, 0.1) is 11.3 Å². The van der Waals surface area contributed by atoms with Crippen molar-refractivity contribution in [2.45, 2.75) is 71.4 Å². The van der Waals surface area contributed by atoms with Crippen molar-refractivity contribution in [1.82, 2.24) is 10.6 Å². The molecule has 1 saturated heterocycles. The third-order valence-electron chi connectivity index (χ3n) is 4.72. The first-order valence-corrected chi connectivity index (χ1v) is 7.54. The van der Waals surface area contributed by atoms with E-state index < -0.39 is 0 Å². The number of hydrogen-bond acceptors (Lipinski definition) is 2. The van der Waals surface area contributed by atoms with Crippen molar-refractivity contribution in [3.8, 4) is 0 Å². The Bertz CT molecular complexity index is 301. The van der Waals surface area contributed by atoms with Crippen molar-refractivity contribution in [2.75, 3.05) is 6.54 Å². The molecule has 2 rings (SSSR count). The lowest BCUT2D eigenvalue weighted by Gasteiger charge is -2.30. The van der Waals surface area contributed by atoms with Crippen LogP contribution in [-0.4, -0.2) is 24.5 Å². The van der Waals surface area contributed by atoms with Gasteiger partial charge in [0.05, 0.1) is 6.04 Å². The smallest absolute Gasteiger partial charge is 0.237 e. The maximum Gasteiger partial charge on any atom is 0.237 e. The first-order chi connectivity index (χ1) is 8.50. The molecule has 3 unspecified atom stereocenters. The molecule has 3 heteroatoms. The third-order valence-corrected chi connectivity index (χ3v) is 4.72. The first-order valence-electron chi connectivity index (χ1n) is 7.54. The van der Waals surface area contributed by atoms with Gasteiger partial charge in [-0.05, 0) is 50.0 Å². The van der Waals surface area contributed by atoms with Gasteiger partial charge in [0.1, 0.15) is 0 Å². The molecule has 2 fully saturated rings. The summed E-state index contributed by atoms with van der Waals surface area (Å²) in [5.74, 6) is 0.956. The summed E-state index contributed by atoms with van der Waals surface area (Å²) in [4.78, 5) is 12.3. The van der Waals surface area contributed by atoms with E-state index in [-0.39, 0.29) is 11.9 Å². The summed E-state index contributed by atoms with van der Waals surface area (Å²) < 4.78 is 0. The highest BCUT2D eigenvalue weighted by Gasteiger charge is 2.33. The van der Waals surface area contributed by atoms with E-state index in [4.69, 9.17) is 0 Å². The lowest BCUT2D eigenvalue weighted by atomic mass is 9.89. The zero-order valence-electron chi connectivity index (χ0n) is 12.1. The molecule has 0 aromatic rings. The van der Waals surface area contributed by atoms with Gasteiger partial charge in [-0.3, -0.25) is 4.79 Å². The van der Waals surface area contributed by atoms with Crippen LogP contribution in [0.1, 0.15) is 59.3 Å². The molecule has 2 aliphatic rings.